The molecule has 0 radical (unpaired) electrons. The van der Waals surface area contributed by atoms with Crippen LogP contribution in [0.5, 0.6) is 0 Å². The summed E-state index contributed by atoms with van der Waals surface area (Å²) in [4.78, 5) is 0. The van der Waals surface area contributed by atoms with E-state index in [4.69, 9.17) is 0 Å². The number of rotatable bonds is 8. The van der Waals surface area contributed by atoms with E-state index >= 15 is 0 Å². The summed E-state index contributed by atoms with van der Waals surface area (Å²) in [7, 11) is 0. The summed E-state index contributed by atoms with van der Waals surface area (Å²) in [6, 6.07) is 54.4. The molecule has 0 bridgehead atoms. The van der Waals surface area contributed by atoms with Crippen molar-refractivity contribution in [3.63, 3.8) is 0 Å². The van der Waals surface area contributed by atoms with Gasteiger partial charge in [-0.2, -0.15) is 12.1 Å². The molecule has 0 aliphatic heterocycles. The standard InChI is InChI=1S/2C28H29.C2H6Si.2ClH.Zr/c2*1-2-28(15-6-3-7-16-28)20-21-17-24-11-8-12-26(27(24)18-21)25-14-13-22-9-4-5-10-23(22)19-25;1-3-2;;;/h2*4-5,8-14,17-19H,2-3,6-7,15-16,20H2,1H3;1-2H3;2*1H;/q2*-1;;;;+2/p-2. The van der Waals surface area contributed by atoms with Gasteiger partial charge in [-0.05, 0) is 94.2 Å². The van der Waals surface area contributed by atoms with Crippen molar-refractivity contribution in [3.8, 4) is 22.3 Å². The van der Waals surface area contributed by atoms with Crippen LogP contribution in [0, 0.1) is 10.8 Å². The smallest absolute Gasteiger partial charge is 1.00 e. The van der Waals surface area contributed by atoms with Crippen LogP contribution in [0.25, 0.3) is 65.3 Å². The van der Waals surface area contributed by atoms with Crippen molar-refractivity contribution in [1.82, 2.24) is 0 Å². The molecule has 0 heterocycles. The zero-order valence-corrected chi connectivity index (χ0v) is 42.5. The Morgan fingerprint density at radius 2 is 0.839 bits per heavy atom. The third-order valence-electron chi connectivity index (χ3n) is 14.2. The first-order valence-electron chi connectivity index (χ1n) is 23.1. The van der Waals surface area contributed by atoms with Crippen LogP contribution < -0.4 is 24.8 Å². The van der Waals surface area contributed by atoms with Crippen molar-refractivity contribution in [2.24, 2.45) is 10.8 Å². The van der Waals surface area contributed by atoms with E-state index in [1.807, 2.05) is 0 Å². The minimum absolute atomic E-state index is 0. The quantitative estimate of drug-likeness (QED) is 0.105. The van der Waals surface area contributed by atoms with Gasteiger partial charge in [0.05, 0.1) is 0 Å². The SMILES string of the molecule is CCC1(Cc2cc3c(-c4ccc5ccccc5c4)cccc3[cH-]2)CCCCC1.CCC1(Cc2cc3c(-c4ccc5ccccc5c4)cccc3[cH-]2)CCCCC1.C[Si](C)=[Zr+2].[Cl-].[Cl-]. The molecule has 2 aliphatic carbocycles. The molecule has 2 saturated carbocycles. The number of hydrogen-bond acceptors (Lipinski definition) is 0. The topological polar surface area (TPSA) is 0 Å². The van der Waals surface area contributed by atoms with Gasteiger partial charge in [0.1, 0.15) is 0 Å². The van der Waals surface area contributed by atoms with Gasteiger partial charge in [-0.25, -0.2) is 0 Å². The Balaban J connectivity index is 0.000000185. The average molecular weight is 951 g/mol. The van der Waals surface area contributed by atoms with E-state index in [0.717, 1.165) is 0 Å². The number of benzene rings is 6. The summed E-state index contributed by atoms with van der Waals surface area (Å²) in [6.45, 7) is 9.41. The van der Waals surface area contributed by atoms with Gasteiger partial charge in [0.2, 0.25) is 0 Å². The first-order chi connectivity index (χ1) is 29.3. The van der Waals surface area contributed by atoms with Crippen molar-refractivity contribution < 1.29 is 48.1 Å². The van der Waals surface area contributed by atoms with Gasteiger partial charge in [0, 0.05) is 0 Å². The van der Waals surface area contributed by atoms with Crippen LogP contribution in [-0.4, -0.2) is 5.43 Å². The van der Waals surface area contributed by atoms with Crippen molar-refractivity contribution in [2.45, 2.75) is 117 Å². The molecule has 2 fully saturated rings. The molecule has 0 atom stereocenters. The molecule has 10 rings (SSSR count). The van der Waals surface area contributed by atoms with Gasteiger partial charge in [0.15, 0.2) is 0 Å². The fourth-order valence-electron chi connectivity index (χ4n) is 10.8. The number of halogens is 2. The molecule has 2 aliphatic rings. The van der Waals surface area contributed by atoms with Crippen molar-refractivity contribution in [3.05, 3.63) is 157 Å². The Morgan fingerprint density at radius 1 is 0.468 bits per heavy atom. The van der Waals surface area contributed by atoms with Crippen LogP contribution in [0.3, 0.4) is 0 Å². The predicted octanol–water partition coefficient (Wildman–Crippen LogP) is 11.4. The molecule has 4 heteroatoms. The van der Waals surface area contributed by atoms with Crippen LogP contribution in [-0.2, 0) is 36.2 Å². The second-order valence-corrected chi connectivity index (χ2v) is 28.0. The minimum Gasteiger partial charge on any atom is -1.00 e. The second kappa shape index (κ2) is 22.1. The Morgan fingerprint density at radius 3 is 1.21 bits per heavy atom. The van der Waals surface area contributed by atoms with E-state index in [2.05, 4.69) is 173 Å². The maximum atomic E-state index is 2.48. The molecule has 62 heavy (non-hydrogen) atoms. The summed E-state index contributed by atoms with van der Waals surface area (Å²) in [6.07, 6.45) is 19.2. The summed E-state index contributed by atoms with van der Waals surface area (Å²) < 4.78 is 0. The molecule has 0 N–H and O–H groups in total. The van der Waals surface area contributed by atoms with Crippen LogP contribution in [0.4, 0.5) is 0 Å². The van der Waals surface area contributed by atoms with Crippen LogP contribution >= 0.6 is 0 Å². The first kappa shape index (κ1) is 48.2. The molecule has 0 spiro atoms. The van der Waals surface area contributed by atoms with Crippen molar-refractivity contribution >= 4 is 48.5 Å². The fourth-order valence-corrected chi connectivity index (χ4v) is 10.8. The maximum absolute atomic E-state index is 2.48. The first-order valence-corrected chi connectivity index (χ1v) is 29.3. The van der Waals surface area contributed by atoms with Gasteiger partial charge in [-0.15, -0.1) is 69.1 Å². The van der Waals surface area contributed by atoms with E-state index in [1.165, 1.54) is 166 Å². The Kier molecular flexibility index (Phi) is 17.2. The van der Waals surface area contributed by atoms with Gasteiger partial charge >= 0.3 is 41.9 Å². The van der Waals surface area contributed by atoms with Gasteiger partial charge < -0.3 is 24.8 Å². The maximum Gasteiger partial charge on any atom is -1.00 e. The van der Waals surface area contributed by atoms with Crippen LogP contribution in [0.15, 0.2) is 146 Å². The fraction of sp³-hybridized carbons (Fsp3) is 0.345. The van der Waals surface area contributed by atoms with Crippen molar-refractivity contribution in [1.29, 1.82) is 0 Å². The monoisotopic (exact) mass is 948 g/mol. The predicted molar refractivity (Wildman–Crippen MR) is 261 cm³/mol. The Labute approximate surface area is 400 Å². The van der Waals surface area contributed by atoms with E-state index in [-0.39, 0.29) is 30.2 Å². The molecule has 0 saturated heterocycles. The summed E-state index contributed by atoms with van der Waals surface area (Å²) in [5.74, 6) is 0. The van der Waals surface area contributed by atoms with Crippen molar-refractivity contribution in [2.75, 3.05) is 0 Å². The van der Waals surface area contributed by atoms with Crippen LogP contribution in [0.2, 0.25) is 13.1 Å². The summed E-state index contributed by atoms with van der Waals surface area (Å²) in [5, 5.41) is 10.9. The van der Waals surface area contributed by atoms with E-state index in [0.29, 0.717) is 10.8 Å². The van der Waals surface area contributed by atoms with E-state index in [9.17, 15) is 0 Å². The molecule has 0 unspecified atom stereocenters. The zero-order valence-electron chi connectivity index (χ0n) is 37.5. The third kappa shape index (κ3) is 11.3. The molecular formula is C58H64Cl2SiZr-2. The Bertz CT molecular complexity index is 2520. The molecule has 8 aromatic carbocycles. The Hall–Kier alpha value is -3.26. The summed E-state index contributed by atoms with van der Waals surface area (Å²) >= 11 is 1.74. The molecule has 0 nitrogen and oxygen atoms in total. The zero-order chi connectivity index (χ0) is 41.5. The second-order valence-electron chi connectivity index (χ2n) is 18.6. The van der Waals surface area contributed by atoms with E-state index in [1.54, 1.807) is 23.3 Å². The van der Waals surface area contributed by atoms with Gasteiger partial charge in [0.25, 0.3) is 0 Å². The molecular weight excluding hydrogens is 887 g/mol. The van der Waals surface area contributed by atoms with Crippen LogP contribution in [0.1, 0.15) is 102 Å². The summed E-state index contributed by atoms with van der Waals surface area (Å²) in [5.41, 5.74) is 9.72. The molecule has 320 valence electrons. The molecule has 0 amide bonds. The average Bonchev–Trinajstić information content (AvgIpc) is 3.89. The number of fused-ring (bicyclic) bond motifs is 4. The van der Waals surface area contributed by atoms with E-state index < -0.39 is 0 Å². The number of hydrogen-bond donors (Lipinski definition) is 0. The van der Waals surface area contributed by atoms with Gasteiger partial charge in [-0.3, -0.25) is 0 Å². The normalized spacial score (nSPS) is 15.5. The molecule has 0 aromatic heterocycles. The third-order valence-corrected chi connectivity index (χ3v) is 14.2. The minimum atomic E-state index is 0. The largest absolute Gasteiger partial charge is 1.00 e. The molecule has 8 aromatic rings. The van der Waals surface area contributed by atoms with Gasteiger partial charge in [-0.1, -0.05) is 161 Å².